The van der Waals surface area contributed by atoms with Crippen molar-refractivity contribution in [2.24, 2.45) is 15.3 Å². The van der Waals surface area contributed by atoms with Crippen LogP contribution in [-0.2, 0) is 4.79 Å². The Balaban J connectivity index is 0.000000885. The lowest BCUT2D eigenvalue weighted by Gasteiger charge is -1.97. The molecule has 0 radical (unpaired) electrons. The second-order valence-electron chi connectivity index (χ2n) is 2.67. The molecule has 0 aliphatic carbocycles. The normalized spacial score (nSPS) is 13.1. The summed E-state index contributed by atoms with van der Waals surface area (Å²) < 4.78 is 25.4. The maximum absolute atomic E-state index is 9.00. The smallest absolute Gasteiger partial charge is 0.300 e. The number of nitrogens with two attached hydrogens (primary N) is 1. The number of hydrogen-bond acceptors (Lipinski definition) is 3. The minimum absolute atomic E-state index is 0.0398. The molecule has 0 spiro atoms. The molecule has 0 atom stereocenters. The van der Waals surface area contributed by atoms with Crippen LogP contribution in [0.1, 0.15) is 16.6 Å². The summed E-state index contributed by atoms with van der Waals surface area (Å²) in [6.45, 7) is 1.08. The number of carbonyl (C=O) groups is 1. The Hall–Kier alpha value is -1.79. The first-order chi connectivity index (χ1) is 9.70. The largest absolute Gasteiger partial charge is 0.481 e. The molecule has 0 unspecified atom stereocenters. The van der Waals surface area contributed by atoms with Crippen LogP contribution >= 0.6 is 23.4 Å². The molecule has 1 rings (SSSR count). The van der Waals surface area contributed by atoms with Crippen molar-refractivity contribution in [3.63, 3.8) is 0 Å². The Bertz CT molecular complexity index is 578. The van der Waals surface area contributed by atoms with Crippen molar-refractivity contribution in [1.29, 1.82) is 0 Å². The van der Waals surface area contributed by atoms with E-state index in [-0.39, 0.29) is 29.1 Å². The molecule has 0 fully saturated rings. The summed E-state index contributed by atoms with van der Waals surface area (Å²) in [5, 5.41) is 11.1. The fraction of sp³-hybridized carbons (Fsp3) is 0.100. The van der Waals surface area contributed by atoms with Crippen molar-refractivity contribution in [2.75, 3.05) is 0 Å². The molecular weight excluding hydrogens is 279 g/mol. The third-order valence-corrected chi connectivity index (χ3v) is 1.69. The average Bonchev–Trinajstić information content (AvgIpc) is 2.41. The van der Waals surface area contributed by atoms with Gasteiger partial charge in [-0.2, -0.15) is 5.10 Å². The van der Waals surface area contributed by atoms with Gasteiger partial charge < -0.3 is 10.8 Å². The Labute approximate surface area is 118 Å². The third-order valence-electron chi connectivity index (χ3n) is 1.20. The molecule has 0 saturated heterocycles. The second kappa shape index (κ2) is 9.26. The van der Waals surface area contributed by atoms with E-state index in [2.05, 4.69) is 15.0 Å². The number of nitrogens with one attached hydrogen (secondary N) is 1. The zero-order valence-corrected chi connectivity index (χ0v) is 10.7. The lowest BCUT2D eigenvalue weighted by molar-refractivity contribution is -0.134. The van der Waals surface area contributed by atoms with Gasteiger partial charge in [0.2, 0.25) is 5.96 Å². The van der Waals surface area contributed by atoms with Gasteiger partial charge in [-0.25, -0.2) is 5.43 Å². The van der Waals surface area contributed by atoms with E-state index in [1.807, 2.05) is 0 Å². The number of rotatable bonds is 2. The predicted octanol–water partition coefficient (Wildman–Crippen LogP) is 1.82. The van der Waals surface area contributed by atoms with Crippen LogP contribution in [0.4, 0.5) is 0 Å². The standard InChI is InChI=1S/C8H8Cl2N4.C2H4O2/c9-7-4-2-1-3-6(7)5-12-14-8(11)13-10;1-2(3)4/h1-5H,(H3,11,13,14);1H3,(H,3,4)/i1D,2D,4D;. The van der Waals surface area contributed by atoms with Gasteiger partial charge in [0, 0.05) is 29.3 Å². The number of hydrogen-bond donors (Lipinski definition) is 3. The molecule has 0 aliphatic rings. The summed E-state index contributed by atoms with van der Waals surface area (Å²) in [7, 11) is 0. The van der Waals surface area contributed by atoms with Crippen molar-refractivity contribution in [1.82, 2.24) is 5.43 Å². The summed E-state index contributed by atoms with van der Waals surface area (Å²) in [5.41, 5.74) is 7.84. The Morgan fingerprint density at radius 2 is 2.28 bits per heavy atom. The van der Waals surface area contributed by atoms with E-state index in [4.69, 9.17) is 43.1 Å². The Morgan fingerprint density at radius 3 is 2.83 bits per heavy atom. The van der Waals surface area contributed by atoms with E-state index in [0.29, 0.717) is 5.56 Å². The van der Waals surface area contributed by atoms with Gasteiger partial charge in [-0.3, -0.25) is 4.79 Å². The number of benzene rings is 1. The molecule has 18 heavy (non-hydrogen) atoms. The van der Waals surface area contributed by atoms with Crippen molar-refractivity contribution in [3.8, 4) is 0 Å². The van der Waals surface area contributed by atoms with E-state index in [0.717, 1.165) is 6.92 Å². The number of carboxylic acid groups (broad SMARTS) is 1. The highest BCUT2D eigenvalue weighted by Gasteiger charge is 1.93. The van der Waals surface area contributed by atoms with Gasteiger partial charge in [0.25, 0.3) is 5.97 Å². The summed E-state index contributed by atoms with van der Waals surface area (Å²) in [6.07, 6.45) is 1.26. The minimum Gasteiger partial charge on any atom is -0.481 e. The zero-order chi connectivity index (χ0) is 16.6. The third kappa shape index (κ3) is 8.37. The fourth-order valence-corrected chi connectivity index (χ4v) is 0.810. The molecule has 0 aliphatic heterocycles. The van der Waals surface area contributed by atoms with Crippen molar-refractivity contribution in [3.05, 3.63) is 34.8 Å². The lowest BCUT2D eigenvalue weighted by atomic mass is 10.2. The van der Waals surface area contributed by atoms with Crippen LogP contribution < -0.4 is 11.2 Å². The number of guanidine groups is 1. The van der Waals surface area contributed by atoms with Crippen LogP contribution in [0.15, 0.2) is 33.8 Å². The second-order valence-corrected chi connectivity index (χ2v) is 3.21. The van der Waals surface area contributed by atoms with Crippen LogP contribution in [0.2, 0.25) is 5.02 Å². The minimum atomic E-state index is -0.833. The molecule has 1 aromatic rings. The number of nitrogens with zero attached hydrogens (tertiary/aromatic N) is 2. The molecule has 0 bridgehead atoms. The molecule has 0 amide bonds. The maximum Gasteiger partial charge on any atom is 0.300 e. The highest BCUT2D eigenvalue weighted by Crippen LogP contribution is 2.11. The maximum atomic E-state index is 9.00. The van der Waals surface area contributed by atoms with Crippen LogP contribution in [0, 0.1) is 0 Å². The predicted molar refractivity (Wildman–Crippen MR) is 73.0 cm³/mol. The fourth-order valence-electron chi connectivity index (χ4n) is 0.621. The number of halogens is 2. The lowest BCUT2D eigenvalue weighted by Crippen LogP contribution is -2.26. The first kappa shape index (κ1) is 11.3. The molecule has 0 saturated carbocycles. The van der Waals surface area contributed by atoms with E-state index >= 15 is 0 Å². The molecule has 6 nitrogen and oxygen atoms in total. The summed E-state index contributed by atoms with van der Waals surface area (Å²) in [5.74, 6) is -0.937. The van der Waals surface area contributed by atoms with Crippen molar-refractivity contribution < 1.29 is 14.0 Å². The number of carboxylic acids is 1. The summed E-state index contributed by atoms with van der Waals surface area (Å²) in [4.78, 5) is 9.00. The molecule has 1 aromatic carbocycles. The van der Waals surface area contributed by atoms with Gasteiger partial charge in [-0.15, -0.1) is 4.51 Å². The first-order valence-electron chi connectivity index (χ1n) is 5.90. The van der Waals surface area contributed by atoms with Crippen LogP contribution in [0.3, 0.4) is 0 Å². The van der Waals surface area contributed by atoms with Gasteiger partial charge in [0.05, 0.1) is 10.3 Å². The molecule has 8 heteroatoms. The van der Waals surface area contributed by atoms with E-state index < -0.39 is 5.97 Å². The van der Waals surface area contributed by atoms with E-state index in [9.17, 15) is 0 Å². The Kier molecular flexibility index (Phi) is 5.82. The zero-order valence-electron chi connectivity index (χ0n) is 12.2. The highest BCUT2D eigenvalue weighted by atomic mass is 35.5. The summed E-state index contributed by atoms with van der Waals surface area (Å²) >= 11 is 10.9. The van der Waals surface area contributed by atoms with Crippen molar-refractivity contribution >= 4 is 41.5 Å². The van der Waals surface area contributed by atoms with Gasteiger partial charge in [-0.1, -0.05) is 29.8 Å². The Morgan fingerprint density at radius 1 is 1.67 bits per heavy atom. The molecule has 4 N–H and O–H groups in total. The van der Waals surface area contributed by atoms with Crippen LogP contribution in [0.5, 0.6) is 0 Å². The monoisotopic (exact) mass is 293 g/mol. The SMILES string of the molecule is CC(=O)O.[2H]c1cc(C=NNC(N)=NCl)c(Cl)c([2H])c1[2H]. The molecule has 0 aromatic heterocycles. The van der Waals surface area contributed by atoms with E-state index in [1.54, 1.807) is 0 Å². The van der Waals surface area contributed by atoms with Gasteiger partial charge >= 0.3 is 0 Å². The number of hydrazone groups is 1. The molecule has 0 heterocycles. The average molecular weight is 294 g/mol. The van der Waals surface area contributed by atoms with Gasteiger partial charge in [-0.05, 0) is 6.04 Å². The van der Waals surface area contributed by atoms with Crippen molar-refractivity contribution in [2.45, 2.75) is 6.92 Å². The van der Waals surface area contributed by atoms with E-state index in [1.165, 1.54) is 12.3 Å². The van der Waals surface area contributed by atoms with Crippen LogP contribution in [-0.4, -0.2) is 23.2 Å². The highest BCUT2D eigenvalue weighted by molar-refractivity contribution is 6.33. The molecular formula is C10H12Cl2N4O2. The molecule has 98 valence electrons. The first-order valence-corrected chi connectivity index (χ1v) is 5.11. The van der Waals surface area contributed by atoms with Gasteiger partial charge in [0.15, 0.2) is 0 Å². The van der Waals surface area contributed by atoms with Gasteiger partial charge in [0.1, 0.15) is 0 Å². The quantitative estimate of drug-likeness (QED) is 0.440. The van der Waals surface area contributed by atoms with Crippen LogP contribution in [0.25, 0.3) is 0 Å². The summed E-state index contributed by atoms with van der Waals surface area (Å²) in [6, 6.07) is 0.753. The topological polar surface area (TPSA) is 100 Å². The number of aliphatic carboxylic acids is 1.